The Kier molecular flexibility index (Phi) is 6.34. The van der Waals surface area contributed by atoms with E-state index < -0.39 is 5.97 Å². The number of carbonyl (C=O) groups is 1. The zero-order chi connectivity index (χ0) is 19.9. The Labute approximate surface area is 163 Å². The van der Waals surface area contributed by atoms with Crippen molar-refractivity contribution < 1.29 is 24.1 Å². The predicted molar refractivity (Wildman–Crippen MR) is 105 cm³/mol. The molecule has 3 rings (SSSR count). The molecule has 6 heteroatoms. The molecule has 6 nitrogen and oxygen atoms in total. The minimum absolute atomic E-state index is 0.0694. The Balaban J connectivity index is 1.70. The first-order chi connectivity index (χ1) is 13.5. The average molecular weight is 381 g/mol. The van der Waals surface area contributed by atoms with Crippen LogP contribution in [0.1, 0.15) is 23.0 Å². The van der Waals surface area contributed by atoms with Crippen LogP contribution in [0.4, 0.5) is 0 Å². The molecule has 0 unspecified atom stereocenters. The van der Waals surface area contributed by atoms with Crippen molar-refractivity contribution >= 4 is 5.97 Å². The number of aromatic hydroxyl groups is 1. The largest absolute Gasteiger partial charge is 0.508 e. The van der Waals surface area contributed by atoms with Crippen molar-refractivity contribution in [3.8, 4) is 22.8 Å². The van der Waals surface area contributed by atoms with Gasteiger partial charge in [0.15, 0.2) is 0 Å². The molecule has 3 aromatic rings. The van der Waals surface area contributed by atoms with Gasteiger partial charge in [0, 0.05) is 24.4 Å². The topological polar surface area (TPSA) is 80.8 Å². The van der Waals surface area contributed by atoms with E-state index in [9.17, 15) is 9.90 Å². The van der Waals surface area contributed by atoms with Crippen molar-refractivity contribution in [1.82, 2.24) is 4.98 Å². The second kappa shape index (κ2) is 9.10. The summed E-state index contributed by atoms with van der Waals surface area (Å²) >= 11 is 0. The summed E-state index contributed by atoms with van der Waals surface area (Å²) in [6.07, 6.45) is -0.160. The van der Waals surface area contributed by atoms with E-state index in [1.165, 1.54) is 6.07 Å². The first-order valence-corrected chi connectivity index (χ1v) is 8.95. The van der Waals surface area contributed by atoms with Gasteiger partial charge >= 0.3 is 5.97 Å². The Hall–Kier alpha value is -3.25. The number of H-pyrrole nitrogens is 1. The van der Waals surface area contributed by atoms with Crippen LogP contribution in [0.3, 0.4) is 0 Å². The van der Waals surface area contributed by atoms with Gasteiger partial charge in [-0.1, -0.05) is 30.3 Å². The number of hydrogen-bond donors (Lipinski definition) is 2. The van der Waals surface area contributed by atoms with Gasteiger partial charge in [0.2, 0.25) is 0 Å². The van der Waals surface area contributed by atoms with Crippen molar-refractivity contribution in [2.24, 2.45) is 0 Å². The van der Waals surface area contributed by atoms with Crippen molar-refractivity contribution in [3.63, 3.8) is 0 Å². The summed E-state index contributed by atoms with van der Waals surface area (Å²) in [7, 11) is 1.60. The summed E-state index contributed by atoms with van der Waals surface area (Å²) in [5, 5.41) is 10.0. The zero-order valence-corrected chi connectivity index (χ0v) is 15.8. The van der Waals surface area contributed by atoms with Gasteiger partial charge < -0.3 is 24.3 Å². The quantitative estimate of drug-likeness (QED) is 0.573. The second-order valence-electron chi connectivity index (χ2n) is 6.45. The van der Waals surface area contributed by atoms with Crippen LogP contribution < -0.4 is 4.74 Å². The molecule has 1 heterocycles. The van der Waals surface area contributed by atoms with Crippen LogP contribution in [-0.4, -0.2) is 35.9 Å². The minimum atomic E-state index is -0.444. The SMILES string of the molecule is COC[C@H](C)Oc1cc(O)cc(-c2ccc(C(=O)OCc3ccccc3)[nH]2)c1. The highest BCUT2D eigenvalue weighted by molar-refractivity contribution is 5.88. The number of methoxy groups -OCH3 is 1. The van der Waals surface area contributed by atoms with Gasteiger partial charge in [0.05, 0.1) is 6.61 Å². The van der Waals surface area contributed by atoms with Crippen LogP contribution >= 0.6 is 0 Å². The van der Waals surface area contributed by atoms with E-state index in [1.807, 2.05) is 37.3 Å². The molecular formula is C22H23NO5. The van der Waals surface area contributed by atoms with Crippen LogP contribution in [0, 0.1) is 0 Å². The number of aromatic nitrogens is 1. The molecule has 0 bridgehead atoms. The van der Waals surface area contributed by atoms with E-state index in [-0.39, 0.29) is 18.5 Å². The van der Waals surface area contributed by atoms with Gasteiger partial charge in [0.1, 0.15) is 29.9 Å². The first kappa shape index (κ1) is 19.5. The number of hydrogen-bond acceptors (Lipinski definition) is 5. The molecule has 0 saturated heterocycles. The van der Waals surface area contributed by atoms with Gasteiger partial charge in [-0.05, 0) is 36.8 Å². The lowest BCUT2D eigenvalue weighted by Crippen LogP contribution is -2.17. The maximum Gasteiger partial charge on any atom is 0.355 e. The minimum Gasteiger partial charge on any atom is -0.508 e. The number of phenols is 1. The molecule has 0 aliphatic heterocycles. The van der Waals surface area contributed by atoms with E-state index in [0.29, 0.717) is 29.3 Å². The van der Waals surface area contributed by atoms with Gasteiger partial charge in [-0.25, -0.2) is 4.79 Å². The Morgan fingerprint density at radius 1 is 1.11 bits per heavy atom. The van der Waals surface area contributed by atoms with Crippen molar-refractivity contribution in [2.45, 2.75) is 19.6 Å². The van der Waals surface area contributed by atoms with E-state index >= 15 is 0 Å². The zero-order valence-electron chi connectivity index (χ0n) is 15.8. The lowest BCUT2D eigenvalue weighted by Gasteiger charge is -2.14. The third kappa shape index (κ3) is 5.14. The fourth-order valence-corrected chi connectivity index (χ4v) is 2.79. The van der Waals surface area contributed by atoms with E-state index in [2.05, 4.69) is 4.98 Å². The van der Waals surface area contributed by atoms with Crippen molar-refractivity contribution in [1.29, 1.82) is 0 Å². The summed E-state index contributed by atoms with van der Waals surface area (Å²) < 4.78 is 16.1. The Morgan fingerprint density at radius 2 is 1.89 bits per heavy atom. The van der Waals surface area contributed by atoms with Gasteiger partial charge in [-0.3, -0.25) is 0 Å². The number of ether oxygens (including phenoxy) is 3. The smallest absolute Gasteiger partial charge is 0.355 e. The molecule has 0 amide bonds. The summed E-state index contributed by atoms with van der Waals surface area (Å²) in [6.45, 7) is 2.52. The van der Waals surface area contributed by atoms with Gasteiger partial charge in [-0.15, -0.1) is 0 Å². The number of carbonyl (C=O) groups excluding carboxylic acids is 1. The lowest BCUT2D eigenvalue weighted by atomic mass is 10.1. The molecule has 28 heavy (non-hydrogen) atoms. The molecule has 1 aromatic heterocycles. The fourth-order valence-electron chi connectivity index (χ4n) is 2.79. The highest BCUT2D eigenvalue weighted by Gasteiger charge is 2.13. The average Bonchev–Trinajstić information content (AvgIpc) is 3.17. The summed E-state index contributed by atoms with van der Waals surface area (Å²) in [5.41, 5.74) is 2.63. The highest BCUT2D eigenvalue weighted by atomic mass is 16.5. The molecule has 2 aromatic carbocycles. The summed E-state index contributed by atoms with van der Waals surface area (Å²) in [5.74, 6) is 0.141. The first-order valence-electron chi connectivity index (χ1n) is 8.95. The molecule has 0 spiro atoms. The fraction of sp³-hybridized carbons (Fsp3) is 0.227. The van der Waals surface area contributed by atoms with Crippen LogP contribution in [0.2, 0.25) is 0 Å². The molecular weight excluding hydrogens is 358 g/mol. The monoisotopic (exact) mass is 381 g/mol. The number of benzene rings is 2. The maximum absolute atomic E-state index is 12.3. The molecule has 1 atom stereocenters. The Bertz CT molecular complexity index is 920. The highest BCUT2D eigenvalue weighted by Crippen LogP contribution is 2.29. The standard InChI is InChI=1S/C22H23NO5/c1-15(13-26-2)28-19-11-17(10-18(24)12-19)20-8-9-21(23-20)22(25)27-14-16-6-4-3-5-7-16/h3-12,15,23-24H,13-14H2,1-2H3/t15-/m0/s1. The third-order valence-electron chi connectivity index (χ3n) is 4.06. The summed E-state index contributed by atoms with van der Waals surface area (Å²) in [6, 6.07) is 17.8. The molecule has 2 N–H and O–H groups in total. The number of rotatable bonds is 8. The molecule has 146 valence electrons. The van der Waals surface area contributed by atoms with Gasteiger partial charge in [0.25, 0.3) is 0 Å². The molecule has 0 saturated carbocycles. The van der Waals surface area contributed by atoms with Crippen LogP contribution in [0.25, 0.3) is 11.3 Å². The number of aromatic amines is 1. The van der Waals surface area contributed by atoms with Crippen molar-refractivity contribution in [2.75, 3.05) is 13.7 Å². The Morgan fingerprint density at radius 3 is 2.64 bits per heavy atom. The molecule has 0 radical (unpaired) electrons. The molecule has 0 fully saturated rings. The second-order valence-corrected chi connectivity index (χ2v) is 6.45. The van der Waals surface area contributed by atoms with Crippen LogP contribution in [0.5, 0.6) is 11.5 Å². The number of phenolic OH excluding ortho intramolecular Hbond substituents is 1. The van der Waals surface area contributed by atoms with Crippen molar-refractivity contribution in [3.05, 3.63) is 71.9 Å². The summed E-state index contributed by atoms with van der Waals surface area (Å²) in [4.78, 5) is 15.3. The molecule has 0 aliphatic carbocycles. The van der Waals surface area contributed by atoms with E-state index in [1.54, 1.807) is 31.4 Å². The third-order valence-corrected chi connectivity index (χ3v) is 4.06. The van der Waals surface area contributed by atoms with Gasteiger partial charge in [-0.2, -0.15) is 0 Å². The normalized spacial score (nSPS) is 11.8. The lowest BCUT2D eigenvalue weighted by molar-refractivity contribution is 0.0466. The number of esters is 1. The van der Waals surface area contributed by atoms with Crippen LogP contribution in [-0.2, 0) is 16.1 Å². The molecule has 0 aliphatic rings. The van der Waals surface area contributed by atoms with E-state index in [4.69, 9.17) is 14.2 Å². The number of nitrogens with one attached hydrogen (secondary N) is 1. The predicted octanol–water partition coefficient (Wildman–Crippen LogP) is 4.16. The van der Waals surface area contributed by atoms with Crippen LogP contribution in [0.15, 0.2) is 60.7 Å². The maximum atomic E-state index is 12.3. The van der Waals surface area contributed by atoms with E-state index in [0.717, 1.165) is 5.56 Å².